The molecule has 31 heavy (non-hydrogen) atoms. The van der Waals surface area contributed by atoms with Crippen molar-refractivity contribution < 1.29 is 9.90 Å². The van der Waals surface area contributed by atoms with Gasteiger partial charge in [0, 0.05) is 71.2 Å². The van der Waals surface area contributed by atoms with E-state index in [4.69, 9.17) is 5.10 Å². The lowest BCUT2D eigenvalue weighted by Gasteiger charge is -2.26. The number of fused-ring (bicyclic) bond motifs is 1. The van der Waals surface area contributed by atoms with Crippen LogP contribution in [0.1, 0.15) is 23.2 Å². The highest BCUT2D eigenvalue weighted by Crippen LogP contribution is 2.33. The van der Waals surface area contributed by atoms with Gasteiger partial charge in [-0.25, -0.2) is 4.79 Å². The molecular weight excluding hydrogens is 390 g/mol. The highest BCUT2D eigenvalue weighted by molar-refractivity contribution is 5.66. The second kappa shape index (κ2) is 8.48. The zero-order valence-corrected chi connectivity index (χ0v) is 18.2. The average molecular weight is 422 g/mol. The molecule has 4 heterocycles. The van der Waals surface area contributed by atoms with Crippen molar-refractivity contribution in [2.75, 3.05) is 39.3 Å². The number of carbonyl (C=O) groups is 1. The summed E-state index contributed by atoms with van der Waals surface area (Å²) in [4.78, 5) is 17.8. The molecule has 0 saturated carbocycles. The van der Waals surface area contributed by atoms with Gasteiger partial charge in [0.1, 0.15) is 0 Å². The molecular formula is C24H31N5O2. The minimum Gasteiger partial charge on any atom is -0.465 e. The van der Waals surface area contributed by atoms with E-state index in [1.807, 2.05) is 11.7 Å². The van der Waals surface area contributed by atoms with Crippen LogP contribution in [-0.2, 0) is 20.1 Å². The summed E-state index contributed by atoms with van der Waals surface area (Å²) in [7, 11) is 2.00. The largest absolute Gasteiger partial charge is 0.465 e. The Morgan fingerprint density at radius 3 is 2.45 bits per heavy atom. The number of hydrogen-bond donors (Lipinski definition) is 1. The predicted octanol–water partition coefficient (Wildman–Crippen LogP) is 2.75. The summed E-state index contributed by atoms with van der Waals surface area (Å²) >= 11 is 0. The van der Waals surface area contributed by atoms with Crippen LogP contribution in [0.4, 0.5) is 4.79 Å². The van der Waals surface area contributed by atoms with Gasteiger partial charge in [-0.05, 0) is 29.4 Å². The van der Waals surface area contributed by atoms with Crippen molar-refractivity contribution in [1.82, 2.24) is 24.5 Å². The summed E-state index contributed by atoms with van der Waals surface area (Å²) in [6.45, 7) is 7.21. The molecule has 3 aliphatic rings. The van der Waals surface area contributed by atoms with Gasteiger partial charge in [-0.3, -0.25) is 14.5 Å². The Kier molecular flexibility index (Phi) is 5.54. The first-order valence-corrected chi connectivity index (χ1v) is 11.2. The van der Waals surface area contributed by atoms with Crippen LogP contribution >= 0.6 is 0 Å². The van der Waals surface area contributed by atoms with Crippen LogP contribution in [0.15, 0.2) is 42.6 Å². The standard InChI is InChI=1S/C24H31N5O2/c1-26-12-22(15-28-13-20-16-29(24(30)31)17-21(20)14-28)23(25-26)19-7-9-27(10-8-19)11-18-5-3-2-4-6-18/h2-7,12,20-21H,8-11,13-17H2,1H3,(H,30,31). The lowest BCUT2D eigenvalue weighted by Crippen LogP contribution is -2.32. The zero-order chi connectivity index (χ0) is 21.4. The molecule has 0 radical (unpaired) electrons. The van der Waals surface area contributed by atoms with Crippen molar-refractivity contribution in [2.24, 2.45) is 18.9 Å². The van der Waals surface area contributed by atoms with E-state index in [2.05, 4.69) is 52.4 Å². The normalized spacial score (nSPS) is 24.4. The van der Waals surface area contributed by atoms with Gasteiger partial charge >= 0.3 is 6.09 Å². The topological polar surface area (TPSA) is 64.8 Å². The first-order chi connectivity index (χ1) is 15.0. The molecule has 1 amide bonds. The van der Waals surface area contributed by atoms with Crippen LogP contribution in [-0.4, -0.2) is 74.9 Å². The minimum absolute atomic E-state index is 0.469. The molecule has 2 fully saturated rings. The molecule has 2 saturated heterocycles. The van der Waals surface area contributed by atoms with E-state index in [-0.39, 0.29) is 0 Å². The SMILES string of the molecule is Cn1cc(CN2CC3CN(C(=O)O)CC3C2)c(C2=CCN(Cc3ccccc3)CC2)n1. The lowest BCUT2D eigenvalue weighted by atomic mass is 10.0. The van der Waals surface area contributed by atoms with Crippen molar-refractivity contribution >= 4 is 11.7 Å². The van der Waals surface area contributed by atoms with Crippen molar-refractivity contribution in [1.29, 1.82) is 0 Å². The van der Waals surface area contributed by atoms with Gasteiger partial charge in [-0.2, -0.15) is 5.10 Å². The summed E-state index contributed by atoms with van der Waals surface area (Å²) in [6, 6.07) is 10.7. The number of nitrogens with zero attached hydrogens (tertiary/aromatic N) is 5. The highest BCUT2D eigenvalue weighted by Gasteiger charge is 2.41. The van der Waals surface area contributed by atoms with Gasteiger partial charge in [0.2, 0.25) is 0 Å². The Balaban J connectivity index is 1.22. The molecule has 7 nitrogen and oxygen atoms in total. The number of aryl methyl sites for hydroxylation is 1. The smallest absolute Gasteiger partial charge is 0.407 e. The van der Waals surface area contributed by atoms with Gasteiger partial charge in [0.15, 0.2) is 0 Å². The maximum absolute atomic E-state index is 11.2. The average Bonchev–Trinajstić information content (AvgIpc) is 3.43. The van der Waals surface area contributed by atoms with E-state index < -0.39 is 6.09 Å². The van der Waals surface area contributed by atoms with E-state index in [0.29, 0.717) is 24.9 Å². The summed E-state index contributed by atoms with van der Waals surface area (Å²) in [6.07, 6.45) is 4.75. The van der Waals surface area contributed by atoms with Gasteiger partial charge in [-0.15, -0.1) is 0 Å². The van der Waals surface area contributed by atoms with Crippen molar-refractivity contribution in [3.63, 3.8) is 0 Å². The van der Waals surface area contributed by atoms with Crippen LogP contribution in [0.2, 0.25) is 0 Å². The predicted molar refractivity (Wildman–Crippen MR) is 119 cm³/mol. The molecule has 0 spiro atoms. The molecule has 164 valence electrons. The van der Waals surface area contributed by atoms with Crippen LogP contribution in [0.3, 0.4) is 0 Å². The van der Waals surface area contributed by atoms with Gasteiger partial charge in [0.05, 0.1) is 5.69 Å². The number of rotatable bonds is 5. The number of benzene rings is 1. The summed E-state index contributed by atoms with van der Waals surface area (Å²) in [5.41, 5.74) is 5.15. The third-order valence-electron chi connectivity index (χ3n) is 6.98. The van der Waals surface area contributed by atoms with Gasteiger partial charge in [-0.1, -0.05) is 36.4 Å². The Labute approximate surface area is 183 Å². The molecule has 2 unspecified atom stereocenters. The van der Waals surface area contributed by atoms with Crippen LogP contribution in [0.25, 0.3) is 5.57 Å². The van der Waals surface area contributed by atoms with Crippen molar-refractivity contribution in [3.05, 3.63) is 59.4 Å². The molecule has 2 atom stereocenters. The molecule has 3 aliphatic heterocycles. The molecule has 1 N–H and O–H groups in total. The minimum atomic E-state index is -0.777. The first kappa shape index (κ1) is 20.3. The zero-order valence-electron chi connectivity index (χ0n) is 18.2. The lowest BCUT2D eigenvalue weighted by molar-refractivity contribution is 0.148. The van der Waals surface area contributed by atoms with E-state index in [0.717, 1.165) is 51.4 Å². The Bertz CT molecular complexity index is 956. The second-order valence-electron chi connectivity index (χ2n) is 9.28. The first-order valence-electron chi connectivity index (χ1n) is 11.2. The van der Waals surface area contributed by atoms with E-state index in [1.165, 1.54) is 16.7 Å². The molecule has 0 bridgehead atoms. The molecule has 1 aromatic carbocycles. The number of aromatic nitrogens is 2. The van der Waals surface area contributed by atoms with Crippen molar-refractivity contribution in [2.45, 2.75) is 19.5 Å². The molecule has 0 aliphatic carbocycles. The molecule has 2 aromatic rings. The molecule has 5 rings (SSSR count). The van der Waals surface area contributed by atoms with E-state index in [9.17, 15) is 9.90 Å². The summed E-state index contributed by atoms with van der Waals surface area (Å²) in [5.74, 6) is 0.938. The van der Waals surface area contributed by atoms with Gasteiger partial charge in [0.25, 0.3) is 0 Å². The summed E-state index contributed by atoms with van der Waals surface area (Å²) in [5, 5.41) is 14.1. The van der Waals surface area contributed by atoms with Crippen LogP contribution < -0.4 is 0 Å². The number of carboxylic acid groups (broad SMARTS) is 1. The fourth-order valence-corrected chi connectivity index (χ4v) is 5.45. The quantitative estimate of drug-likeness (QED) is 0.804. The Morgan fingerprint density at radius 2 is 1.81 bits per heavy atom. The van der Waals surface area contributed by atoms with E-state index in [1.54, 1.807) is 4.90 Å². The van der Waals surface area contributed by atoms with E-state index >= 15 is 0 Å². The number of hydrogen-bond acceptors (Lipinski definition) is 4. The monoisotopic (exact) mass is 421 g/mol. The molecule has 7 heteroatoms. The van der Waals surface area contributed by atoms with Crippen LogP contribution in [0, 0.1) is 11.8 Å². The number of amides is 1. The van der Waals surface area contributed by atoms with Crippen molar-refractivity contribution in [3.8, 4) is 0 Å². The number of likely N-dealkylation sites (tertiary alicyclic amines) is 2. The Morgan fingerprint density at radius 1 is 1.06 bits per heavy atom. The van der Waals surface area contributed by atoms with Gasteiger partial charge < -0.3 is 10.0 Å². The summed E-state index contributed by atoms with van der Waals surface area (Å²) < 4.78 is 1.94. The second-order valence-corrected chi connectivity index (χ2v) is 9.28. The fraction of sp³-hybridized carbons (Fsp3) is 0.500. The Hall–Kier alpha value is -2.64. The maximum Gasteiger partial charge on any atom is 0.407 e. The maximum atomic E-state index is 11.2. The third-order valence-corrected chi connectivity index (χ3v) is 6.98. The molecule has 1 aromatic heterocycles. The highest BCUT2D eigenvalue weighted by atomic mass is 16.4. The fourth-order valence-electron chi connectivity index (χ4n) is 5.45. The third kappa shape index (κ3) is 4.38. The van der Waals surface area contributed by atoms with Crippen LogP contribution in [0.5, 0.6) is 0 Å².